The molecule has 1 aromatic carbocycles. The van der Waals surface area contributed by atoms with Crippen LogP contribution in [0.1, 0.15) is 28.8 Å². The molecule has 2 aliphatic heterocycles. The highest BCUT2D eigenvalue weighted by molar-refractivity contribution is 8.26. The Morgan fingerprint density at radius 3 is 2.43 bits per heavy atom. The van der Waals surface area contributed by atoms with Crippen LogP contribution in [-0.2, 0) is 19.1 Å². The summed E-state index contributed by atoms with van der Waals surface area (Å²) in [5.41, 5.74) is 1.12. The van der Waals surface area contributed by atoms with E-state index >= 15 is 0 Å². The van der Waals surface area contributed by atoms with E-state index in [-0.39, 0.29) is 18.4 Å². The Kier molecular flexibility index (Phi) is 6.88. The molecule has 0 radical (unpaired) electrons. The second kappa shape index (κ2) is 9.40. The number of esters is 1. The number of aliphatic carboxylic acids is 1. The number of hydrogen-bond donors (Lipinski definition) is 1. The van der Waals surface area contributed by atoms with Crippen LogP contribution in [0, 0.1) is 5.92 Å². The molecule has 2 heterocycles. The van der Waals surface area contributed by atoms with Gasteiger partial charge < -0.3 is 14.7 Å². The average molecular weight is 449 g/mol. The fraction of sp³-hybridized carbons (Fsp3) is 0.350. The third-order valence-corrected chi connectivity index (χ3v) is 6.37. The van der Waals surface area contributed by atoms with E-state index in [4.69, 9.17) is 17.3 Å². The van der Waals surface area contributed by atoms with Gasteiger partial charge in [0.1, 0.15) is 10.9 Å². The first-order chi connectivity index (χ1) is 14.3. The third kappa shape index (κ3) is 4.88. The van der Waals surface area contributed by atoms with Crippen molar-refractivity contribution in [3.05, 3.63) is 40.3 Å². The number of carbonyl (C=O) groups excluding carboxylic acids is 3. The Bertz CT molecular complexity index is 920. The summed E-state index contributed by atoms with van der Waals surface area (Å²) < 4.78 is 4.96. The van der Waals surface area contributed by atoms with Gasteiger partial charge in [0.25, 0.3) is 5.91 Å². The lowest BCUT2D eigenvalue weighted by molar-refractivity contribution is -0.146. The molecule has 2 saturated heterocycles. The van der Waals surface area contributed by atoms with Gasteiger partial charge in [-0.25, -0.2) is 4.79 Å². The summed E-state index contributed by atoms with van der Waals surface area (Å²) >= 11 is 6.39. The highest BCUT2D eigenvalue weighted by Crippen LogP contribution is 2.32. The zero-order valence-corrected chi connectivity index (χ0v) is 17.8. The van der Waals surface area contributed by atoms with Crippen molar-refractivity contribution >= 4 is 58.1 Å². The van der Waals surface area contributed by atoms with Crippen LogP contribution < -0.4 is 0 Å². The Morgan fingerprint density at radius 1 is 1.23 bits per heavy atom. The van der Waals surface area contributed by atoms with Crippen molar-refractivity contribution in [1.82, 2.24) is 9.80 Å². The quantitative estimate of drug-likeness (QED) is 0.414. The summed E-state index contributed by atoms with van der Waals surface area (Å²) in [4.78, 5) is 51.1. The number of thioether (sulfide) groups is 1. The summed E-state index contributed by atoms with van der Waals surface area (Å²) in [6, 6.07) is 6.58. The van der Waals surface area contributed by atoms with Gasteiger partial charge >= 0.3 is 11.9 Å². The van der Waals surface area contributed by atoms with Crippen LogP contribution in [0.2, 0.25) is 0 Å². The van der Waals surface area contributed by atoms with E-state index in [0.717, 1.165) is 11.8 Å². The van der Waals surface area contributed by atoms with Crippen molar-refractivity contribution in [2.45, 2.75) is 12.8 Å². The summed E-state index contributed by atoms with van der Waals surface area (Å²) in [6.07, 6.45) is 2.46. The molecule has 2 aliphatic rings. The zero-order valence-electron chi connectivity index (χ0n) is 16.2. The number of benzene rings is 1. The van der Waals surface area contributed by atoms with Crippen molar-refractivity contribution in [3.8, 4) is 0 Å². The number of ether oxygens (including phenoxy) is 1. The van der Waals surface area contributed by atoms with Gasteiger partial charge in [0, 0.05) is 13.1 Å². The summed E-state index contributed by atoms with van der Waals surface area (Å²) in [5, 5.41) is 9.06. The molecule has 158 valence electrons. The van der Waals surface area contributed by atoms with Gasteiger partial charge in [-0.15, -0.1) is 0 Å². The number of carboxylic acids is 1. The predicted octanol–water partition coefficient (Wildman–Crippen LogP) is 2.00. The minimum absolute atomic E-state index is 0.166. The van der Waals surface area contributed by atoms with Gasteiger partial charge in [-0.3, -0.25) is 19.3 Å². The fourth-order valence-electron chi connectivity index (χ4n) is 3.23. The Hall–Kier alpha value is -2.72. The monoisotopic (exact) mass is 448 g/mol. The van der Waals surface area contributed by atoms with E-state index < -0.39 is 17.9 Å². The van der Waals surface area contributed by atoms with E-state index in [1.165, 1.54) is 12.0 Å². The number of nitrogens with zero attached hydrogens (tertiary/aromatic N) is 2. The first-order valence-corrected chi connectivity index (χ1v) is 10.5. The molecule has 0 aliphatic carbocycles. The number of piperidine rings is 1. The second-order valence-electron chi connectivity index (χ2n) is 6.87. The van der Waals surface area contributed by atoms with E-state index in [0.29, 0.717) is 46.3 Å². The third-order valence-electron chi connectivity index (χ3n) is 4.99. The number of amides is 2. The summed E-state index contributed by atoms with van der Waals surface area (Å²) in [7, 11) is 1.30. The van der Waals surface area contributed by atoms with Crippen molar-refractivity contribution in [1.29, 1.82) is 0 Å². The predicted molar refractivity (Wildman–Crippen MR) is 115 cm³/mol. The van der Waals surface area contributed by atoms with Crippen molar-refractivity contribution < 1.29 is 29.0 Å². The summed E-state index contributed by atoms with van der Waals surface area (Å²) in [6.45, 7) is 0.543. The highest BCUT2D eigenvalue weighted by Gasteiger charge is 2.35. The number of methoxy groups -OCH3 is 1. The largest absolute Gasteiger partial charge is 0.481 e. The number of carbonyl (C=O) groups is 4. The van der Waals surface area contributed by atoms with E-state index in [9.17, 15) is 19.2 Å². The Labute approximate surface area is 182 Å². The van der Waals surface area contributed by atoms with Crippen molar-refractivity contribution in [3.63, 3.8) is 0 Å². The number of rotatable bonds is 5. The van der Waals surface area contributed by atoms with Gasteiger partial charge in [-0.1, -0.05) is 36.1 Å². The van der Waals surface area contributed by atoms with Crippen LogP contribution in [0.3, 0.4) is 0 Å². The van der Waals surface area contributed by atoms with Gasteiger partial charge in [0.05, 0.1) is 23.5 Å². The molecule has 3 rings (SSSR count). The molecule has 8 nitrogen and oxygen atoms in total. The molecule has 2 amide bonds. The number of carboxylic acid groups (broad SMARTS) is 1. The first kappa shape index (κ1) is 22.0. The summed E-state index contributed by atoms with van der Waals surface area (Å²) in [5.74, 6) is -2.32. The van der Waals surface area contributed by atoms with Crippen LogP contribution >= 0.6 is 24.0 Å². The topological polar surface area (TPSA) is 104 Å². The Morgan fingerprint density at radius 2 is 1.87 bits per heavy atom. The molecule has 0 aromatic heterocycles. The minimum Gasteiger partial charge on any atom is -0.481 e. The number of likely N-dealkylation sites (tertiary alicyclic amines) is 1. The Balaban J connectivity index is 1.63. The molecule has 30 heavy (non-hydrogen) atoms. The minimum atomic E-state index is -0.844. The maximum Gasteiger partial charge on any atom is 0.337 e. The fourth-order valence-corrected chi connectivity index (χ4v) is 4.49. The molecular weight excluding hydrogens is 428 g/mol. The van der Waals surface area contributed by atoms with Crippen LogP contribution in [0.25, 0.3) is 6.08 Å². The van der Waals surface area contributed by atoms with Crippen molar-refractivity contribution in [2.24, 2.45) is 5.92 Å². The maximum atomic E-state index is 12.7. The molecule has 0 saturated carbocycles. The lowest BCUT2D eigenvalue weighted by Crippen LogP contribution is -2.46. The SMILES string of the molecule is COC(=O)c1ccc(C=C2SC(=S)N(CC(=O)N3CCC(C(=O)O)CC3)C2=O)cc1. The molecule has 1 aromatic rings. The van der Waals surface area contributed by atoms with E-state index in [1.54, 1.807) is 35.2 Å². The number of thiocarbonyl (C=S) groups is 1. The molecule has 0 bridgehead atoms. The van der Waals surface area contributed by atoms with Crippen LogP contribution in [-0.4, -0.2) is 69.7 Å². The van der Waals surface area contributed by atoms with Crippen LogP contribution in [0.15, 0.2) is 29.2 Å². The van der Waals surface area contributed by atoms with E-state index in [1.807, 2.05) is 0 Å². The first-order valence-electron chi connectivity index (χ1n) is 9.24. The molecule has 1 N–H and O–H groups in total. The van der Waals surface area contributed by atoms with Gasteiger partial charge in [-0.2, -0.15) is 0 Å². The molecular formula is C20H20N2O6S2. The smallest absolute Gasteiger partial charge is 0.337 e. The average Bonchev–Trinajstić information content (AvgIpc) is 3.01. The molecule has 2 fully saturated rings. The van der Waals surface area contributed by atoms with Gasteiger partial charge in [0.15, 0.2) is 0 Å². The molecule has 0 atom stereocenters. The zero-order chi connectivity index (χ0) is 21.8. The molecule has 0 spiro atoms. The lowest BCUT2D eigenvalue weighted by atomic mass is 9.97. The maximum absolute atomic E-state index is 12.7. The van der Waals surface area contributed by atoms with Crippen LogP contribution in [0.4, 0.5) is 0 Å². The molecule has 0 unspecified atom stereocenters. The van der Waals surface area contributed by atoms with Crippen LogP contribution in [0.5, 0.6) is 0 Å². The lowest BCUT2D eigenvalue weighted by Gasteiger charge is -2.31. The van der Waals surface area contributed by atoms with E-state index in [2.05, 4.69) is 4.74 Å². The standard InChI is InChI=1S/C20H20N2O6S2/c1-28-19(27)14-4-2-12(3-5-14)10-15-17(24)22(20(29)30-15)11-16(23)21-8-6-13(7-9-21)18(25)26/h2-5,10,13H,6-9,11H2,1H3,(H,25,26). The number of hydrogen-bond acceptors (Lipinski definition) is 7. The molecule has 10 heteroatoms. The van der Waals surface area contributed by atoms with Gasteiger partial charge in [0.2, 0.25) is 5.91 Å². The van der Waals surface area contributed by atoms with Crippen molar-refractivity contribution in [2.75, 3.05) is 26.7 Å². The second-order valence-corrected chi connectivity index (χ2v) is 8.55. The highest BCUT2D eigenvalue weighted by atomic mass is 32.2. The normalized spacial score (nSPS) is 18.8. The van der Waals surface area contributed by atoms with Gasteiger partial charge in [-0.05, 0) is 36.6 Å².